The molecule has 3 aromatic rings. The minimum absolute atomic E-state index is 0.118. The van der Waals surface area contributed by atoms with Crippen molar-refractivity contribution in [3.05, 3.63) is 74.5 Å². The van der Waals surface area contributed by atoms with Gasteiger partial charge in [0.1, 0.15) is 12.0 Å². The largest absolute Gasteiger partial charge is 0.396 e. The number of aliphatic hydroxyl groups excluding tert-OH is 1. The Bertz CT molecular complexity index is 1360. The van der Waals surface area contributed by atoms with Crippen molar-refractivity contribution in [2.75, 3.05) is 6.61 Å². The lowest BCUT2D eigenvalue weighted by atomic mass is 10.0. The van der Waals surface area contributed by atoms with Gasteiger partial charge in [-0.3, -0.25) is 13.9 Å². The summed E-state index contributed by atoms with van der Waals surface area (Å²) in [6.45, 7) is 4.54. The Hall–Kier alpha value is -3.26. The Balaban J connectivity index is 1.99. The second-order valence-electron chi connectivity index (χ2n) is 8.74. The van der Waals surface area contributed by atoms with Crippen LogP contribution in [0.5, 0.6) is 0 Å². The molecule has 1 N–H and O–H groups in total. The van der Waals surface area contributed by atoms with E-state index in [0.29, 0.717) is 35.9 Å². The van der Waals surface area contributed by atoms with Gasteiger partial charge in [-0.1, -0.05) is 50.3 Å². The molecule has 33 heavy (non-hydrogen) atoms. The second kappa shape index (κ2) is 9.31. The van der Waals surface area contributed by atoms with Gasteiger partial charge in [-0.15, -0.1) is 0 Å². The summed E-state index contributed by atoms with van der Waals surface area (Å²) in [6.07, 6.45) is 4.66. The number of fused-ring (bicyclic) bond motifs is 1. The van der Waals surface area contributed by atoms with Crippen molar-refractivity contribution in [1.82, 2.24) is 18.7 Å². The molecule has 0 unspecified atom stereocenters. The molecule has 7 nitrogen and oxygen atoms in total. The second-order valence-corrected chi connectivity index (χ2v) is 8.74. The molecular formula is C25H29FN4O3. The Morgan fingerprint density at radius 1 is 1.24 bits per heavy atom. The number of alkyl halides is 1. The maximum atomic E-state index is 13.6. The fraction of sp³-hybridized carbons (Fsp3) is 0.400. The average Bonchev–Trinajstić information content (AvgIpc) is 3.18. The molecule has 0 aliphatic heterocycles. The summed E-state index contributed by atoms with van der Waals surface area (Å²) in [5, 5.41) is 9.22. The van der Waals surface area contributed by atoms with Gasteiger partial charge < -0.3 is 9.67 Å². The van der Waals surface area contributed by atoms with Crippen molar-refractivity contribution in [2.24, 2.45) is 7.05 Å². The molecule has 0 saturated heterocycles. The highest BCUT2D eigenvalue weighted by Crippen LogP contribution is 2.27. The van der Waals surface area contributed by atoms with Crippen molar-refractivity contribution in [1.29, 1.82) is 0 Å². The number of nitrogens with zero attached hydrogens (tertiary/aromatic N) is 4. The van der Waals surface area contributed by atoms with Gasteiger partial charge in [0, 0.05) is 38.7 Å². The fourth-order valence-electron chi connectivity index (χ4n) is 4.15. The van der Waals surface area contributed by atoms with Crippen LogP contribution in [0.1, 0.15) is 38.2 Å². The molecule has 8 heteroatoms. The monoisotopic (exact) mass is 452 g/mol. The first-order valence-corrected chi connectivity index (χ1v) is 11.2. The Morgan fingerprint density at radius 2 is 2.03 bits per heavy atom. The van der Waals surface area contributed by atoms with E-state index in [0.717, 1.165) is 21.3 Å². The number of aryl methyl sites for hydroxylation is 1. The predicted molar refractivity (Wildman–Crippen MR) is 127 cm³/mol. The van der Waals surface area contributed by atoms with Gasteiger partial charge in [0.05, 0.1) is 0 Å². The van der Waals surface area contributed by atoms with E-state index in [4.69, 9.17) is 4.98 Å². The van der Waals surface area contributed by atoms with E-state index in [9.17, 15) is 19.1 Å². The summed E-state index contributed by atoms with van der Waals surface area (Å²) in [5.74, 6) is 0.893. The zero-order valence-electron chi connectivity index (χ0n) is 19.2. The lowest BCUT2D eigenvalue weighted by Crippen LogP contribution is -2.40. The normalized spacial score (nSPS) is 16.1. The summed E-state index contributed by atoms with van der Waals surface area (Å²) in [5.41, 5.74) is 2.57. The molecule has 1 atom stereocenters. The lowest BCUT2D eigenvalue weighted by molar-refractivity contribution is 0.277. The maximum absolute atomic E-state index is 13.6. The van der Waals surface area contributed by atoms with Gasteiger partial charge >= 0.3 is 5.69 Å². The van der Waals surface area contributed by atoms with E-state index < -0.39 is 17.4 Å². The van der Waals surface area contributed by atoms with Gasteiger partial charge in [-0.05, 0) is 29.5 Å². The van der Waals surface area contributed by atoms with Crippen LogP contribution in [0.15, 0.2) is 57.7 Å². The third-order valence-electron chi connectivity index (χ3n) is 6.05. The summed E-state index contributed by atoms with van der Waals surface area (Å²) >= 11 is 0. The SMILES string of the molecule is CC(C)c1cccc(-c2nc3c(c(=O)n(CCCO)c(=O)n3C)n2CC2=CC[C@H](F)C=C2)c1. The molecule has 2 heterocycles. The average molecular weight is 453 g/mol. The van der Waals surface area contributed by atoms with Crippen molar-refractivity contribution in [3.63, 3.8) is 0 Å². The fourth-order valence-corrected chi connectivity index (χ4v) is 4.15. The number of allylic oxidation sites excluding steroid dienone is 4. The molecule has 0 saturated carbocycles. The van der Waals surface area contributed by atoms with Crippen LogP contribution >= 0.6 is 0 Å². The number of benzene rings is 1. The Morgan fingerprint density at radius 3 is 2.70 bits per heavy atom. The first-order valence-electron chi connectivity index (χ1n) is 11.2. The zero-order valence-corrected chi connectivity index (χ0v) is 19.2. The van der Waals surface area contributed by atoms with Crippen LogP contribution in [-0.4, -0.2) is 36.6 Å². The van der Waals surface area contributed by atoms with Gasteiger partial charge in [0.25, 0.3) is 5.56 Å². The number of imidazole rings is 1. The first kappa shape index (κ1) is 22.9. The third kappa shape index (κ3) is 4.35. The Labute approximate surface area is 191 Å². The quantitative estimate of drug-likeness (QED) is 0.596. The van der Waals surface area contributed by atoms with Crippen LogP contribution < -0.4 is 11.2 Å². The topological polar surface area (TPSA) is 82.1 Å². The number of aliphatic hydroxyl groups is 1. The van der Waals surface area contributed by atoms with E-state index in [1.54, 1.807) is 13.1 Å². The van der Waals surface area contributed by atoms with Gasteiger partial charge in [0.2, 0.25) is 0 Å². The Kier molecular flexibility index (Phi) is 6.47. The molecule has 2 aromatic heterocycles. The molecule has 0 amide bonds. The van der Waals surface area contributed by atoms with Gasteiger partial charge in [-0.2, -0.15) is 0 Å². The minimum Gasteiger partial charge on any atom is -0.396 e. The van der Waals surface area contributed by atoms with Crippen molar-refractivity contribution >= 4 is 11.2 Å². The number of rotatable bonds is 7. The van der Waals surface area contributed by atoms with E-state index in [1.165, 1.54) is 10.6 Å². The van der Waals surface area contributed by atoms with E-state index in [-0.39, 0.29) is 19.6 Å². The summed E-state index contributed by atoms with van der Waals surface area (Å²) in [6, 6.07) is 8.00. The van der Waals surface area contributed by atoms with Gasteiger partial charge in [-0.25, -0.2) is 14.2 Å². The van der Waals surface area contributed by atoms with Crippen LogP contribution in [0.2, 0.25) is 0 Å². The molecule has 0 spiro atoms. The van der Waals surface area contributed by atoms with Crippen LogP contribution in [0.3, 0.4) is 0 Å². The molecular weight excluding hydrogens is 423 g/mol. The molecule has 174 valence electrons. The molecule has 0 fully saturated rings. The van der Waals surface area contributed by atoms with Crippen LogP contribution in [0, 0.1) is 0 Å². The lowest BCUT2D eigenvalue weighted by Gasteiger charge is -2.15. The van der Waals surface area contributed by atoms with E-state index >= 15 is 0 Å². The van der Waals surface area contributed by atoms with Gasteiger partial charge in [0.15, 0.2) is 11.2 Å². The summed E-state index contributed by atoms with van der Waals surface area (Å²) < 4.78 is 18.0. The number of aromatic nitrogens is 4. The predicted octanol–water partition coefficient (Wildman–Crippen LogP) is 3.29. The number of hydrogen-bond donors (Lipinski definition) is 1. The van der Waals surface area contributed by atoms with E-state index in [1.807, 2.05) is 34.9 Å². The number of hydrogen-bond acceptors (Lipinski definition) is 4. The highest BCUT2D eigenvalue weighted by Gasteiger charge is 2.22. The molecule has 0 radical (unpaired) electrons. The van der Waals surface area contributed by atoms with Crippen molar-refractivity contribution in [2.45, 2.75) is 51.9 Å². The third-order valence-corrected chi connectivity index (χ3v) is 6.05. The highest BCUT2D eigenvalue weighted by atomic mass is 19.1. The molecule has 4 rings (SSSR count). The van der Waals surface area contributed by atoms with Crippen LogP contribution in [0.25, 0.3) is 22.6 Å². The van der Waals surface area contributed by atoms with E-state index in [2.05, 4.69) is 13.8 Å². The van der Waals surface area contributed by atoms with Crippen molar-refractivity contribution in [3.8, 4) is 11.4 Å². The van der Waals surface area contributed by atoms with Crippen LogP contribution in [-0.2, 0) is 20.1 Å². The molecule has 1 aliphatic rings. The first-order chi connectivity index (χ1) is 15.8. The molecule has 0 bridgehead atoms. The molecule has 1 aromatic carbocycles. The smallest absolute Gasteiger partial charge is 0.332 e. The standard InChI is InChI=1S/C25H29FN4O3/c1-16(2)18-6-4-7-19(14-18)22-27-23-21(30(22)15-17-8-10-20(26)11-9-17)24(32)29(12-5-13-31)25(33)28(23)3/h4,6-10,14,16,20,31H,5,11-13,15H2,1-3H3/t20-/m1/s1. The number of halogens is 1. The molecule has 1 aliphatic carbocycles. The zero-order chi connectivity index (χ0) is 23.7. The minimum atomic E-state index is -1.01. The maximum Gasteiger partial charge on any atom is 0.332 e. The summed E-state index contributed by atoms with van der Waals surface area (Å²) in [7, 11) is 1.60. The van der Waals surface area contributed by atoms with Crippen LogP contribution in [0.4, 0.5) is 4.39 Å². The summed E-state index contributed by atoms with van der Waals surface area (Å²) in [4.78, 5) is 31.1. The van der Waals surface area contributed by atoms with Crippen molar-refractivity contribution < 1.29 is 9.50 Å². The highest BCUT2D eigenvalue weighted by molar-refractivity contribution is 5.77.